The van der Waals surface area contributed by atoms with Crippen molar-refractivity contribution in [3.63, 3.8) is 0 Å². The Morgan fingerprint density at radius 2 is 2.18 bits per heavy atom. The normalized spacial score (nSPS) is 12.6. The molecule has 0 amide bonds. The number of rotatable bonds is 5. The van der Waals surface area contributed by atoms with Gasteiger partial charge in [-0.25, -0.2) is 0 Å². The van der Waals surface area contributed by atoms with E-state index in [2.05, 4.69) is 6.92 Å². The minimum absolute atomic E-state index is 0.0825. The van der Waals surface area contributed by atoms with Gasteiger partial charge in [-0.1, -0.05) is 13.8 Å². The molecule has 0 radical (unpaired) electrons. The summed E-state index contributed by atoms with van der Waals surface area (Å²) in [7, 11) is 0. The largest absolute Gasteiger partial charge is 0.466 e. The summed E-state index contributed by atoms with van der Waals surface area (Å²) in [5.41, 5.74) is 0. The van der Waals surface area contributed by atoms with Crippen LogP contribution < -0.4 is 0 Å². The van der Waals surface area contributed by atoms with Crippen LogP contribution in [0.3, 0.4) is 0 Å². The van der Waals surface area contributed by atoms with Crippen molar-refractivity contribution >= 4 is 17.7 Å². The minimum Gasteiger partial charge on any atom is -0.466 e. The van der Waals surface area contributed by atoms with Crippen molar-refractivity contribution in [2.24, 2.45) is 0 Å². The highest BCUT2D eigenvalue weighted by molar-refractivity contribution is 7.99. The Hall–Kier alpha value is -0.180. The number of hydrogen-bond donors (Lipinski definition) is 0. The second-order valence-corrected chi connectivity index (χ2v) is 3.99. The third kappa shape index (κ3) is 6.23. The van der Waals surface area contributed by atoms with Crippen LogP contribution in [0.25, 0.3) is 0 Å². The topological polar surface area (TPSA) is 26.3 Å². The van der Waals surface area contributed by atoms with Gasteiger partial charge < -0.3 is 4.74 Å². The molecule has 2 nitrogen and oxygen atoms in total. The Morgan fingerprint density at radius 1 is 1.55 bits per heavy atom. The van der Waals surface area contributed by atoms with Gasteiger partial charge in [-0.15, -0.1) is 0 Å². The van der Waals surface area contributed by atoms with E-state index in [9.17, 15) is 4.79 Å². The summed E-state index contributed by atoms with van der Waals surface area (Å²) in [6.07, 6.45) is 0.534. The van der Waals surface area contributed by atoms with Gasteiger partial charge in [-0.3, -0.25) is 4.79 Å². The second-order valence-electron chi connectivity index (χ2n) is 2.28. The summed E-state index contributed by atoms with van der Waals surface area (Å²) < 4.78 is 4.81. The van der Waals surface area contributed by atoms with Crippen molar-refractivity contribution in [1.82, 2.24) is 0 Å². The molecule has 0 saturated heterocycles. The zero-order chi connectivity index (χ0) is 8.69. The maximum atomic E-state index is 10.9. The van der Waals surface area contributed by atoms with Crippen LogP contribution >= 0.6 is 11.8 Å². The molecular weight excluding hydrogens is 160 g/mol. The molecule has 0 aromatic rings. The van der Waals surface area contributed by atoms with E-state index in [1.807, 2.05) is 13.8 Å². The summed E-state index contributed by atoms with van der Waals surface area (Å²) in [4.78, 5) is 10.9. The summed E-state index contributed by atoms with van der Waals surface area (Å²) in [6.45, 7) is 6.45. The molecule has 0 aromatic carbocycles. The average Bonchev–Trinajstić information content (AvgIpc) is 1.87. The summed E-state index contributed by atoms with van der Waals surface area (Å²) in [5.74, 6) is 0.974. The maximum absolute atomic E-state index is 10.9. The van der Waals surface area contributed by atoms with Gasteiger partial charge in [-0.2, -0.15) is 11.8 Å². The van der Waals surface area contributed by atoms with E-state index in [0.29, 0.717) is 18.3 Å². The highest BCUT2D eigenvalue weighted by Gasteiger charge is 2.08. The summed E-state index contributed by atoms with van der Waals surface area (Å²) >= 11 is 1.78. The molecule has 0 aromatic heterocycles. The molecule has 0 aliphatic rings. The number of carbonyl (C=O) groups excluding carboxylic acids is 1. The van der Waals surface area contributed by atoms with Crippen LogP contribution in [0.2, 0.25) is 0 Å². The first-order chi connectivity index (χ1) is 5.20. The van der Waals surface area contributed by atoms with E-state index >= 15 is 0 Å². The zero-order valence-corrected chi connectivity index (χ0v) is 8.24. The number of carbonyl (C=O) groups is 1. The predicted molar refractivity (Wildman–Crippen MR) is 48.8 cm³/mol. The summed E-state index contributed by atoms with van der Waals surface area (Å²) in [5, 5.41) is 0.388. The lowest BCUT2D eigenvalue weighted by Gasteiger charge is -2.07. The highest BCUT2D eigenvalue weighted by Crippen LogP contribution is 2.13. The van der Waals surface area contributed by atoms with E-state index in [4.69, 9.17) is 4.74 Å². The van der Waals surface area contributed by atoms with Crippen molar-refractivity contribution in [3.8, 4) is 0 Å². The van der Waals surface area contributed by atoms with E-state index in [0.717, 1.165) is 5.75 Å². The van der Waals surface area contributed by atoms with Crippen LogP contribution in [-0.2, 0) is 9.53 Å². The van der Waals surface area contributed by atoms with Gasteiger partial charge in [0.15, 0.2) is 0 Å². The van der Waals surface area contributed by atoms with Crippen molar-refractivity contribution in [2.45, 2.75) is 32.4 Å². The third-order valence-corrected chi connectivity index (χ3v) is 2.28. The molecule has 0 aliphatic heterocycles. The fraction of sp³-hybridized carbons (Fsp3) is 0.875. The first-order valence-electron chi connectivity index (χ1n) is 3.97. The third-order valence-electron chi connectivity index (χ3n) is 1.21. The van der Waals surface area contributed by atoms with Gasteiger partial charge in [-0.05, 0) is 12.7 Å². The Labute approximate surface area is 72.7 Å². The Morgan fingerprint density at radius 3 is 2.64 bits per heavy atom. The molecule has 0 fully saturated rings. The molecule has 66 valence electrons. The lowest BCUT2D eigenvalue weighted by Crippen LogP contribution is -2.10. The van der Waals surface area contributed by atoms with Gasteiger partial charge in [0.05, 0.1) is 13.0 Å². The Balaban J connectivity index is 3.40. The van der Waals surface area contributed by atoms with Crippen LogP contribution in [-0.4, -0.2) is 23.6 Å². The fourth-order valence-corrected chi connectivity index (χ4v) is 1.62. The molecule has 0 aliphatic carbocycles. The molecule has 0 heterocycles. The second kappa shape index (κ2) is 6.53. The Bertz CT molecular complexity index is 115. The lowest BCUT2D eigenvalue weighted by molar-refractivity contribution is -0.142. The van der Waals surface area contributed by atoms with Crippen molar-refractivity contribution < 1.29 is 9.53 Å². The Kier molecular flexibility index (Phi) is 6.42. The predicted octanol–water partition coefficient (Wildman–Crippen LogP) is 2.08. The monoisotopic (exact) mass is 176 g/mol. The molecule has 1 unspecified atom stereocenters. The number of esters is 1. The minimum atomic E-state index is -0.0825. The van der Waals surface area contributed by atoms with Gasteiger partial charge in [0.1, 0.15) is 0 Å². The van der Waals surface area contributed by atoms with Gasteiger partial charge in [0.25, 0.3) is 0 Å². The molecule has 0 saturated carbocycles. The van der Waals surface area contributed by atoms with Crippen LogP contribution in [0, 0.1) is 0 Å². The molecule has 11 heavy (non-hydrogen) atoms. The number of hydrogen-bond acceptors (Lipinski definition) is 3. The highest BCUT2D eigenvalue weighted by atomic mass is 32.2. The van der Waals surface area contributed by atoms with Crippen LogP contribution in [0.4, 0.5) is 0 Å². The first-order valence-corrected chi connectivity index (χ1v) is 5.02. The van der Waals surface area contributed by atoms with Crippen LogP contribution in [0.15, 0.2) is 0 Å². The smallest absolute Gasteiger partial charge is 0.306 e. The molecule has 0 spiro atoms. The van der Waals surface area contributed by atoms with E-state index < -0.39 is 0 Å². The van der Waals surface area contributed by atoms with Crippen molar-refractivity contribution in [1.29, 1.82) is 0 Å². The van der Waals surface area contributed by atoms with Gasteiger partial charge in [0, 0.05) is 5.25 Å². The fourth-order valence-electron chi connectivity index (χ4n) is 0.798. The van der Waals surface area contributed by atoms with E-state index in [-0.39, 0.29) is 5.97 Å². The summed E-state index contributed by atoms with van der Waals surface area (Å²) in [6, 6.07) is 0. The van der Waals surface area contributed by atoms with Crippen LogP contribution in [0.1, 0.15) is 27.2 Å². The maximum Gasteiger partial charge on any atom is 0.306 e. The quantitative estimate of drug-likeness (QED) is 0.600. The molecule has 0 rings (SSSR count). The van der Waals surface area contributed by atoms with Gasteiger partial charge >= 0.3 is 5.97 Å². The number of ether oxygens (including phenoxy) is 1. The van der Waals surface area contributed by atoms with E-state index in [1.54, 1.807) is 11.8 Å². The van der Waals surface area contributed by atoms with Crippen molar-refractivity contribution in [3.05, 3.63) is 0 Å². The zero-order valence-electron chi connectivity index (χ0n) is 7.42. The molecule has 1 atom stereocenters. The van der Waals surface area contributed by atoms with Gasteiger partial charge in [0.2, 0.25) is 0 Å². The molecular formula is C8H16O2S. The molecule has 0 bridgehead atoms. The lowest BCUT2D eigenvalue weighted by atomic mass is 10.3. The molecule has 0 N–H and O–H groups in total. The van der Waals surface area contributed by atoms with Crippen molar-refractivity contribution in [2.75, 3.05) is 12.4 Å². The van der Waals surface area contributed by atoms with Crippen LogP contribution in [0.5, 0.6) is 0 Å². The molecule has 3 heteroatoms. The standard InChI is InChI=1S/C8H16O2S/c1-4-10-8(9)6-7(3)11-5-2/h7H,4-6H2,1-3H3. The number of thioether (sulfide) groups is 1. The average molecular weight is 176 g/mol. The first kappa shape index (κ1) is 10.8. The SMILES string of the molecule is CCOC(=O)CC(C)SCC. The van der Waals surface area contributed by atoms with E-state index in [1.165, 1.54) is 0 Å².